The third-order valence-electron chi connectivity index (χ3n) is 6.29. The van der Waals surface area contributed by atoms with Crippen molar-refractivity contribution in [1.82, 2.24) is 15.1 Å². The number of halogens is 2. The van der Waals surface area contributed by atoms with Crippen molar-refractivity contribution in [3.63, 3.8) is 0 Å². The summed E-state index contributed by atoms with van der Waals surface area (Å²) in [5.41, 5.74) is -0.262. The first-order valence-corrected chi connectivity index (χ1v) is 10.8. The molecule has 0 spiro atoms. The summed E-state index contributed by atoms with van der Waals surface area (Å²) in [5.74, 6) is 0.130. The van der Waals surface area contributed by atoms with E-state index in [-0.39, 0.29) is 46.6 Å². The number of carbonyl (C=O) groups is 2. The summed E-state index contributed by atoms with van der Waals surface area (Å²) in [7, 11) is 0. The largest absolute Gasteiger partial charge is 0.486 e. The fourth-order valence-electron chi connectivity index (χ4n) is 5.00. The van der Waals surface area contributed by atoms with Gasteiger partial charge < -0.3 is 14.8 Å². The second-order valence-electron chi connectivity index (χ2n) is 9.07. The van der Waals surface area contributed by atoms with Crippen LogP contribution in [-0.4, -0.2) is 40.2 Å². The van der Waals surface area contributed by atoms with Gasteiger partial charge in [-0.05, 0) is 49.7 Å². The van der Waals surface area contributed by atoms with Gasteiger partial charge in [0, 0.05) is 24.1 Å². The number of hydrogen-bond acceptors (Lipinski definition) is 5. The Morgan fingerprint density at radius 2 is 1.97 bits per heavy atom. The molecule has 0 atom stereocenters. The van der Waals surface area contributed by atoms with Gasteiger partial charge in [-0.3, -0.25) is 9.59 Å². The molecule has 2 aromatic rings. The number of ketones is 1. The zero-order chi connectivity index (χ0) is 21.6. The van der Waals surface area contributed by atoms with E-state index in [1.807, 2.05) is 4.68 Å². The van der Waals surface area contributed by atoms with Crippen LogP contribution >= 0.6 is 11.6 Å². The number of amides is 1. The molecule has 7 nitrogen and oxygen atoms in total. The number of nitrogens with zero attached hydrogens (tertiary/aromatic N) is 2. The third-order valence-corrected chi connectivity index (χ3v) is 6.59. The minimum atomic E-state index is -0.579. The summed E-state index contributed by atoms with van der Waals surface area (Å²) in [6, 6.07) is 6.26. The molecular formula is C22H23ClFN3O4. The van der Waals surface area contributed by atoms with Gasteiger partial charge in [0.25, 0.3) is 5.91 Å². The Morgan fingerprint density at radius 1 is 1.19 bits per heavy atom. The highest BCUT2D eigenvalue weighted by Gasteiger charge is 2.68. The molecule has 1 heterocycles. The predicted octanol–water partition coefficient (Wildman–Crippen LogP) is 3.47. The molecule has 2 bridgehead atoms. The Kier molecular flexibility index (Phi) is 4.92. The molecule has 164 valence electrons. The van der Waals surface area contributed by atoms with E-state index in [0.717, 1.165) is 32.1 Å². The number of nitrogens with one attached hydrogen (secondary N) is 1. The van der Waals surface area contributed by atoms with Crippen LogP contribution in [0.2, 0.25) is 5.02 Å². The zero-order valence-electron chi connectivity index (χ0n) is 16.9. The van der Waals surface area contributed by atoms with Crippen LogP contribution in [0.4, 0.5) is 4.39 Å². The lowest BCUT2D eigenvalue weighted by Gasteiger charge is -2.70. The molecule has 0 radical (unpaired) electrons. The first-order valence-electron chi connectivity index (χ1n) is 10.4. The normalized spacial score (nSPS) is 25.9. The monoisotopic (exact) mass is 447 g/mol. The first-order chi connectivity index (χ1) is 14.9. The summed E-state index contributed by atoms with van der Waals surface area (Å²) < 4.78 is 26.3. The Hall–Kier alpha value is -2.61. The molecule has 6 rings (SSSR count). The topological polar surface area (TPSA) is 82.4 Å². The number of Topliss-reactive ketones (excluding diaryl/α,β-unsaturated/α-hetero) is 1. The Balaban J connectivity index is 1.03. The lowest BCUT2D eigenvalue weighted by atomic mass is 9.38. The van der Waals surface area contributed by atoms with Gasteiger partial charge in [0.15, 0.2) is 12.4 Å². The second-order valence-corrected chi connectivity index (χ2v) is 9.48. The van der Waals surface area contributed by atoms with Crippen molar-refractivity contribution >= 4 is 23.3 Å². The summed E-state index contributed by atoms with van der Waals surface area (Å²) in [6.07, 6.45) is 6.62. The number of aromatic nitrogens is 2. The molecule has 4 aliphatic rings. The predicted molar refractivity (Wildman–Crippen MR) is 110 cm³/mol. The lowest BCUT2D eigenvalue weighted by molar-refractivity contribution is -0.173. The van der Waals surface area contributed by atoms with Crippen LogP contribution in [0.5, 0.6) is 11.6 Å². The molecular weight excluding hydrogens is 425 g/mol. The van der Waals surface area contributed by atoms with E-state index >= 15 is 0 Å². The highest BCUT2D eigenvalue weighted by atomic mass is 35.5. The third kappa shape index (κ3) is 4.13. The van der Waals surface area contributed by atoms with Crippen LogP contribution < -0.4 is 14.8 Å². The van der Waals surface area contributed by atoms with E-state index < -0.39 is 5.82 Å². The maximum Gasteiger partial charge on any atom is 0.258 e. The Morgan fingerprint density at radius 3 is 2.68 bits per heavy atom. The molecule has 1 amide bonds. The van der Waals surface area contributed by atoms with Gasteiger partial charge >= 0.3 is 0 Å². The van der Waals surface area contributed by atoms with E-state index in [2.05, 4.69) is 10.4 Å². The van der Waals surface area contributed by atoms with Crippen molar-refractivity contribution in [3.8, 4) is 11.6 Å². The standard InChI is InChI=1S/C22H23ClFN3O4/c23-17-4-3-16(7-18(17)24)30-9-15(28)8-21-11-22(12-21,13-21)26-19(29)10-31-20-5-6-25-27(20)14-1-2-14/h3-7,14H,1-2,8-13H2,(H,26,29). The fourth-order valence-corrected chi connectivity index (χ4v) is 5.12. The minimum absolute atomic E-state index is 0.0128. The minimum Gasteiger partial charge on any atom is -0.486 e. The molecule has 1 aromatic carbocycles. The van der Waals surface area contributed by atoms with Crippen LogP contribution in [0.3, 0.4) is 0 Å². The number of carbonyl (C=O) groups excluding carboxylic acids is 2. The van der Waals surface area contributed by atoms with Crippen LogP contribution in [-0.2, 0) is 9.59 Å². The number of benzene rings is 1. The highest BCUT2D eigenvalue weighted by molar-refractivity contribution is 6.30. The molecule has 4 aliphatic carbocycles. The first kappa shape index (κ1) is 20.3. The van der Waals surface area contributed by atoms with Crippen LogP contribution in [0, 0.1) is 11.2 Å². The Labute approximate surface area is 183 Å². The average molecular weight is 448 g/mol. The molecule has 0 unspecified atom stereocenters. The molecule has 9 heteroatoms. The van der Waals surface area contributed by atoms with Gasteiger partial charge in [0.2, 0.25) is 5.88 Å². The second kappa shape index (κ2) is 7.51. The molecule has 31 heavy (non-hydrogen) atoms. The molecule has 1 aromatic heterocycles. The quantitative estimate of drug-likeness (QED) is 0.603. The highest BCUT2D eigenvalue weighted by Crippen LogP contribution is 2.69. The lowest BCUT2D eigenvalue weighted by Crippen LogP contribution is -2.75. The molecule has 0 saturated heterocycles. The summed E-state index contributed by atoms with van der Waals surface area (Å²) in [5, 5.41) is 7.31. The van der Waals surface area contributed by atoms with E-state index in [0.29, 0.717) is 18.3 Å². The maximum atomic E-state index is 13.4. The molecule has 1 N–H and O–H groups in total. The van der Waals surface area contributed by atoms with E-state index in [4.69, 9.17) is 21.1 Å². The van der Waals surface area contributed by atoms with Gasteiger partial charge in [-0.25, -0.2) is 9.07 Å². The summed E-state index contributed by atoms with van der Waals surface area (Å²) in [4.78, 5) is 24.6. The molecule has 4 saturated carbocycles. The van der Waals surface area contributed by atoms with Crippen molar-refractivity contribution in [2.24, 2.45) is 5.41 Å². The zero-order valence-corrected chi connectivity index (χ0v) is 17.7. The van der Waals surface area contributed by atoms with Crippen LogP contribution in [0.1, 0.15) is 44.6 Å². The van der Waals surface area contributed by atoms with Gasteiger partial charge in [-0.15, -0.1) is 0 Å². The number of ether oxygens (including phenoxy) is 2. The van der Waals surface area contributed by atoms with E-state index in [1.54, 1.807) is 12.3 Å². The summed E-state index contributed by atoms with van der Waals surface area (Å²) >= 11 is 5.64. The van der Waals surface area contributed by atoms with Gasteiger partial charge in [-0.2, -0.15) is 5.10 Å². The van der Waals surface area contributed by atoms with E-state index in [1.165, 1.54) is 18.2 Å². The smallest absolute Gasteiger partial charge is 0.258 e. The van der Waals surface area contributed by atoms with E-state index in [9.17, 15) is 14.0 Å². The van der Waals surface area contributed by atoms with Crippen molar-refractivity contribution in [3.05, 3.63) is 41.3 Å². The fraction of sp³-hybridized carbons (Fsp3) is 0.500. The SMILES string of the molecule is O=C(COc1ccc(Cl)c(F)c1)CC12CC(NC(=O)COc3ccnn3C3CC3)(C1)C2. The van der Waals surface area contributed by atoms with Gasteiger partial charge in [-0.1, -0.05) is 11.6 Å². The van der Waals surface area contributed by atoms with Gasteiger partial charge in [0.1, 0.15) is 18.2 Å². The van der Waals surface area contributed by atoms with Crippen molar-refractivity contribution in [2.45, 2.75) is 50.1 Å². The average Bonchev–Trinajstić information content (AvgIpc) is 3.42. The van der Waals surface area contributed by atoms with Crippen LogP contribution in [0.15, 0.2) is 30.5 Å². The Bertz CT molecular complexity index is 1020. The number of hydrogen-bond donors (Lipinski definition) is 1. The summed E-state index contributed by atoms with van der Waals surface area (Å²) in [6.45, 7) is -0.151. The van der Waals surface area contributed by atoms with Gasteiger partial charge in [0.05, 0.1) is 17.3 Å². The molecule has 4 fully saturated rings. The number of rotatable bonds is 10. The van der Waals surface area contributed by atoms with Crippen molar-refractivity contribution in [2.75, 3.05) is 13.2 Å². The van der Waals surface area contributed by atoms with Crippen LogP contribution in [0.25, 0.3) is 0 Å². The maximum absolute atomic E-state index is 13.4. The molecule has 0 aliphatic heterocycles. The van der Waals surface area contributed by atoms with Crippen molar-refractivity contribution < 1.29 is 23.5 Å². The van der Waals surface area contributed by atoms with Crippen molar-refractivity contribution in [1.29, 1.82) is 0 Å².